The molecule has 0 amide bonds. The molecule has 3 heterocycles. The molecule has 102 valence electrons. The van der Waals surface area contributed by atoms with Crippen molar-refractivity contribution in [2.75, 3.05) is 19.8 Å². The molecule has 0 N–H and O–H groups in total. The first-order valence-corrected chi connectivity index (χ1v) is 4.89. The van der Waals surface area contributed by atoms with Crippen LogP contribution in [0.4, 0.5) is 0 Å². The van der Waals surface area contributed by atoms with Crippen LogP contribution < -0.4 is 15.3 Å². The van der Waals surface area contributed by atoms with Gasteiger partial charge in [0.05, 0.1) is 37.7 Å². The predicted molar refractivity (Wildman–Crippen MR) is 50.0 cm³/mol. The van der Waals surface area contributed by atoms with Crippen LogP contribution >= 0.6 is 0 Å². The Hall–Kier alpha value is -1.18. The van der Waals surface area contributed by atoms with Crippen LogP contribution in [0.5, 0.6) is 0 Å². The number of hydrogen-bond donors (Lipinski definition) is 0. The third-order valence-electron chi connectivity index (χ3n) is 1.79. The van der Waals surface area contributed by atoms with Gasteiger partial charge in [-0.25, -0.2) is 0 Å². The molecule has 3 aliphatic rings. The van der Waals surface area contributed by atoms with Gasteiger partial charge in [-0.15, -0.1) is 0 Å². The van der Waals surface area contributed by atoms with Gasteiger partial charge in [-0.05, 0) is 0 Å². The van der Waals surface area contributed by atoms with Crippen LogP contribution in [0, 0.1) is 0 Å². The topological polar surface area (TPSA) is 158 Å². The normalized spacial score (nSPS) is 28.1. The van der Waals surface area contributed by atoms with Crippen molar-refractivity contribution in [3.05, 3.63) is 0 Å². The summed E-state index contributed by atoms with van der Waals surface area (Å²) in [5, 5.41) is 28.6. The number of epoxide rings is 3. The summed E-state index contributed by atoms with van der Waals surface area (Å²) >= 11 is 0. The van der Waals surface area contributed by atoms with E-state index in [9.17, 15) is 29.7 Å². The van der Waals surface area contributed by atoms with Crippen LogP contribution in [0.3, 0.4) is 0 Å². The monoisotopic (exact) mass is 288 g/mol. The fraction of sp³-hybridized carbons (Fsp3) is 0.667. The Morgan fingerprint density at radius 3 is 0.842 bits per heavy atom. The van der Waals surface area contributed by atoms with Crippen LogP contribution in [0.2, 0.25) is 0 Å². The van der Waals surface area contributed by atoms with Gasteiger partial charge in [0.2, 0.25) is 0 Å². The molecule has 0 aromatic rings. The third-order valence-corrected chi connectivity index (χ3v) is 1.79. The number of carboxylic acids is 3. The fourth-order valence-electron chi connectivity index (χ4n) is 0.553. The summed E-state index contributed by atoms with van der Waals surface area (Å²) in [4.78, 5) is 28.6. The number of rotatable bonds is 3. The van der Waals surface area contributed by atoms with Crippen molar-refractivity contribution in [1.82, 2.24) is 0 Å². The van der Waals surface area contributed by atoms with Crippen LogP contribution in [0.25, 0.3) is 0 Å². The van der Waals surface area contributed by atoms with Crippen molar-refractivity contribution in [3.63, 3.8) is 0 Å². The molecular formula is C9H9AlO9. The molecule has 3 rings (SSSR count). The summed E-state index contributed by atoms with van der Waals surface area (Å²) in [6.07, 6.45) is -1.78. The van der Waals surface area contributed by atoms with E-state index in [-0.39, 0.29) is 17.4 Å². The average Bonchev–Trinajstić information content (AvgIpc) is 3.22. The third kappa shape index (κ3) is 9.41. The molecule has 10 heteroatoms. The maximum Gasteiger partial charge on any atom is 3.00 e. The van der Waals surface area contributed by atoms with E-state index >= 15 is 0 Å². The van der Waals surface area contributed by atoms with Crippen LogP contribution in [-0.4, -0.2) is 73.4 Å². The first-order chi connectivity index (χ1) is 8.41. The van der Waals surface area contributed by atoms with Gasteiger partial charge in [-0.1, -0.05) is 0 Å². The number of carbonyl (C=O) groups is 3. The minimum absolute atomic E-state index is 0. The van der Waals surface area contributed by atoms with Gasteiger partial charge >= 0.3 is 17.4 Å². The molecule has 0 aromatic carbocycles. The molecular weight excluding hydrogens is 279 g/mol. The second-order valence-corrected chi connectivity index (χ2v) is 3.42. The Morgan fingerprint density at radius 2 is 0.842 bits per heavy atom. The fourth-order valence-corrected chi connectivity index (χ4v) is 0.553. The number of carbonyl (C=O) groups excluding carboxylic acids is 3. The van der Waals surface area contributed by atoms with Crippen molar-refractivity contribution in [2.24, 2.45) is 0 Å². The zero-order chi connectivity index (χ0) is 13.7. The second-order valence-electron chi connectivity index (χ2n) is 3.42. The molecule has 3 saturated heterocycles. The average molecular weight is 288 g/mol. The largest absolute Gasteiger partial charge is 3.00 e. The van der Waals surface area contributed by atoms with Crippen molar-refractivity contribution >= 4 is 35.3 Å². The minimum atomic E-state index is -1.10. The molecule has 3 aliphatic heterocycles. The smallest absolute Gasteiger partial charge is 0.547 e. The van der Waals surface area contributed by atoms with Gasteiger partial charge < -0.3 is 43.9 Å². The summed E-state index contributed by atoms with van der Waals surface area (Å²) < 4.78 is 12.9. The number of hydrogen-bond acceptors (Lipinski definition) is 9. The maximum absolute atomic E-state index is 9.53. The van der Waals surface area contributed by atoms with Gasteiger partial charge in [0, 0.05) is 0 Å². The molecule has 0 bridgehead atoms. The molecule has 0 saturated carbocycles. The Balaban J connectivity index is 0.000000249. The second kappa shape index (κ2) is 8.09. The van der Waals surface area contributed by atoms with E-state index < -0.39 is 36.2 Å². The molecule has 0 radical (unpaired) electrons. The first kappa shape index (κ1) is 17.8. The number of ether oxygens (including phenoxy) is 3. The van der Waals surface area contributed by atoms with Crippen LogP contribution in [-0.2, 0) is 28.6 Å². The van der Waals surface area contributed by atoms with Gasteiger partial charge in [0.1, 0.15) is 18.3 Å². The minimum Gasteiger partial charge on any atom is -0.547 e. The van der Waals surface area contributed by atoms with E-state index in [0.717, 1.165) is 0 Å². The van der Waals surface area contributed by atoms with Gasteiger partial charge in [0.25, 0.3) is 0 Å². The van der Waals surface area contributed by atoms with Gasteiger partial charge in [-0.3, -0.25) is 0 Å². The summed E-state index contributed by atoms with van der Waals surface area (Å²) in [7, 11) is 0. The number of aliphatic carboxylic acids is 3. The standard InChI is InChI=1S/3C3H4O3.Al/c3*4-3(5)2-1-6-2;/h3*2H,1H2,(H,4,5);/q;;;+3/p-3. The van der Waals surface area contributed by atoms with Crippen molar-refractivity contribution < 1.29 is 43.9 Å². The Kier molecular flexibility index (Phi) is 7.58. The van der Waals surface area contributed by atoms with E-state index in [0.29, 0.717) is 19.8 Å². The van der Waals surface area contributed by atoms with E-state index in [2.05, 4.69) is 14.2 Å². The summed E-state index contributed by atoms with van der Waals surface area (Å²) in [6, 6.07) is 0. The Bertz CT molecular complexity index is 280. The Labute approximate surface area is 118 Å². The summed E-state index contributed by atoms with van der Waals surface area (Å²) in [5.41, 5.74) is 0. The molecule has 0 aliphatic carbocycles. The molecule has 9 nitrogen and oxygen atoms in total. The van der Waals surface area contributed by atoms with Crippen LogP contribution in [0.1, 0.15) is 0 Å². The van der Waals surface area contributed by atoms with Crippen molar-refractivity contribution in [3.8, 4) is 0 Å². The van der Waals surface area contributed by atoms with Crippen LogP contribution in [0.15, 0.2) is 0 Å². The van der Waals surface area contributed by atoms with E-state index in [1.165, 1.54) is 0 Å². The zero-order valence-corrected chi connectivity index (χ0v) is 10.8. The summed E-state index contributed by atoms with van der Waals surface area (Å²) in [6.45, 7) is 1.01. The molecule has 0 aromatic heterocycles. The van der Waals surface area contributed by atoms with Gasteiger partial charge in [-0.2, -0.15) is 0 Å². The summed E-state index contributed by atoms with van der Waals surface area (Å²) in [5.74, 6) is -3.31. The van der Waals surface area contributed by atoms with E-state index in [1.54, 1.807) is 0 Å². The number of carboxylic acid groups (broad SMARTS) is 3. The SMILES string of the molecule is O=C([O-])C1CO1.O=C([O-])C1CO1.O=C([O-])C1CO1.[Al+3]. The molecule has 3 atom stereocenters. The predicted octanol–water partition coefficient (Wildman–Crippen LogP) is -5.98. The molecule has 3 fully saturated rings. The molecule has 0 spiro atoms. The van der Waals surface area contributed by atoms with Crippen molar-refractivity contribution in [2.45, 2.75) is 18.3 Å². The molecule has 3 unspecified atom stereocenters. The van der Waals surface area contributed by atoms with E-state index in [1.807, 2.05) is 0 Å². The molecule has 19 heavy (non-hydrogen) atoms. The first-order valence-electron chi connectivity index (χ1n) is 4.89. The van der Waals surface area contributed by atoms with Gasteiger partial charge in [0.15, 0.2) is 0 Å². The van der Waals surface area contributed by atoms with E-state index in [4.69, 9.17) is 0 Å². The van der Waals surface area contributed by atoms with Crippen molar-refractivity contribution in [1.29, 1.82) is 0 Å². The quantitative estimate of drug-likeness (QED) is 0.364. The Morgan fingerprint density at radius 1 is 0.684 bits per heavy atom. The maximum atomic E-state index is 9.53. The zero-order valence-electron chi connectivity index (χ0n) is 9.60.